The Morgan fingerprint density at radius 1 is 1.53 bits per heavy atom. The number of carbonyl (C=O) groups excluding carboxylic acids is 1. The van der Waals surface area contributed by atoms with Crippen LogP contribution < -0.4 is 10.1 Å². The van der Waals surface area contributed by atoms with Crippen LogP contribution in [-0.4, -0.2) is 21.9 Å². The van der Waals surface area contributed by atoms with Gasteiger partial charge in [-0.3, -0.25) is 10.1 Å². The molecule has 1 aromatic heterocycles. The molecule has 0 spiro atoms. The van der Waals surface area contributed by atoms with E-state index in [0.717, 1.165) is 11.5 Å². The first kappa shape index (κ1) is 13.0. The van der Waals surface area contributed by atoms with E-state index in [1.54, 1.807) is 31.2 Å². The van der Waals surface area contributed by atoms with Crippen molar-refractivity contribution in [3.05, 3.63) is 35.7 Å². The number of para-hydroxylation sites is 1. The van der Waals surface area contributed by atoms with Gasteiger partial charge in [0.05, 0.1) is 5.56 Å². The summed E-state index contributed by atoms with van der Waals surface area (Å²) in [6.45, 7) is 1.56. The lowest BCUT2D eigenvalue weighted by Crippen LogP contribution is -2.20. The normalized spacial score (nSPS) is 9.68. The molecule has 0 unspecified atom stereocenters. The molecule has 6 nitrogen and oxygen atoms in total. The first-order chi connectivity index (χ1) is 9.19. The second kappa shape index (κ2) is 5.93. The number of benzene rings is 1. The molecule has 1 aromatic carbocycles. The van der Waals surface area contributed by atoms with Crippen LogP contribution in [0.3, 0.4) is 0 Å². The molecule has 0 saturated carbocycles. The van der Waals surface area contributed by atoms with Crippen molar-refractivity contribution in [2.75, 3.05) is 11.9 Å². The zero-order valence-electron chi connectivity index (χ0n) is 10.1. The van der Waals surface area contributed by atoms with Crippen molar-refractivity contribution in [2.45, 2.75) is 6.92 Å². The molecule has 0 aliphatic rings. The highest BCUT2D eigenvalue weighted by Gasteiger charge is 2.08. The summed E-state index contributed by atoms with van der Waals surface area (Å²) < 4.78 is 9.24. The number of amides is 1. The van der Waals surface area contributed by atoms with Crippen molar-refractivity contribution in [3.8, 4) is 11.8 Å². The molecule has 1 amide bonds. The van der Waals surface area contributed by atoms with Crippen molar-refractivity contribution in [1.29, 1.82) is 5.26 Å². The summed E-state index contributed by atoms with van der Waals surface area (Å²) in [6, 6.07) is 8.73. The zero-order valence-corrected chi connectivity index (χ0v) is 10.9. The highest BCUT2D eigenvalue weighted by Crippen LogP contribution is 2.16. The lowest BCUT2D eigenvalue weighted by atomic mass is 10.2. The minimum Gasteiger partial charge on any atom is -0.482 e. The predicted molar refractivity (Wildman–Crippen MR) is 69.9 cm³/mol. The van der Waals surface area contributed by atoms with Gasteiger partial charge in [-0.2, -0.15) is 9.64 Å². The van der Waals surface area contributed by atoms with E-state index in [-0.39, 0.29) is 12.5 Å². The van der Waals surface area contributed by atoms with Crippen LogP contribution >= 0.6 is 11.5 Å². The Morgan fingerprint density at radius 3 is 3.00 bits per heavy atom. The predicted octanol–water partition coefficient (Wildman–Crippen LogP) is 1.74. The quantitative estimate of drug-likeness (QED) is 0.917. The van der Waals surface area contributed by atoms with E-state index in [2.05, 4.69) is 14.7 Å². The Kier molecular flexibility index (Phi) is 4.05. The largest absolute Gasteiger partial charge is 0.482 e. The molecule has 19 heavy (non-hydrogen) atoms. The van der Waals surface area contributed by atoms with Crippen LogP contribution in [0.5, 0.6) is 5.75 Å². The lowest BCUT2D eigenvalue weighted by molar-refractivity contribution is -0.118. The second-order valence-corrected chi connectivity index (χ2v) is 4.34. The van der Waals surface area contributed by atoms with Gasteiger partial charge in [-0.15, -0.1) is 0 Å². The van der Waals surface area contributed by atoms with E-state index in [1.165, 1.54) is 0 Å². The Hall–Kier alpha value is -2.46. The average molecular weight is 274 g/mol. The molecule has 1 N–H and O–H groups in total. The van der Waals surface area contributed by atoms with Gasteiger partial charge < -0.3 is 4.74 Å². The van der Waals surface area contributed by atoms with Gasteiger partial charge in [0.15, 0.2) is 6.61 Å². The van der Waals surface area contributed by atoms with E-state index in [1.807, 2.05) is 6.07 Å². The summed E-state index contributed by atoms with van der Waals surface area (Å²) in [6.07, 6.45) is 0. The van der Waals surface area contributed by atoms with E-state index in [0.29, 0.717) is 22.3 Å². The summed E-state index contributed by atoms with van der Waals surface area (Å²) >= 11 is 1.11. The number of aryl methyl sites for hydroxylation is 1. The molecule has 2 rings (SSSR count). The highest BCUT2D eigenvalue weighted by molar-refractivity contribution is 7.09. The highest BCUT2D eigenvalue weighted by atomic mass is 32.1. The van der Waals surface area contributed by atoms with Crippen LogP contribution in [0.15, 0.2) is 24.3 Å². The number of nitrogens with one attached hydrogen (secondary N) is 1. The Labute approximate surface area is 113 Å². The molecular formula is C12H10N4O2S. The van der Waals surface area contributed by atoms with E-state index in [4.69, 9.17) is 10.00 Å². The number of carbonyl (C=O) groups is 1. The molecule has 0 fully saturated rings. The van der Waals surface area contributed by atoms with Gasteiger partial charge in [0.2, 0.25) is 5.13 Å². The minimum absolute atomic E-state index is 0.183. The van der Waals surface area contributed by atoms with Crippen molar-refractivity contribution in [3.63, 3.8) is 0 Å². The molecule has 7 heteroatoms. The third kappa shape index (κ3) is 3.50. The molecular weight excluding hydrogens is 264 g/mol. The summed E-state index contributed by atoms with van der Waals surface area (Å²) in [5.74, 6) is 0.647. The number of hydrogen-bond donors (Lipinski definition) is 1. The van der Waals surface area contributed by atoms with Crippen LogP contribution in [0.2, 0.25) is 0 Å². The number of nitrogens with zero attached hydrogens (tertiary/aromatic N) is 3. The molecule has 0 aliphatic carbocycles. The third-order valence-corrected chi connectivity index (χ3v) is 2.86. The Balaban J connectivity index is 1.92. The first-order valence-electron chi connectivity index (χ1n) is 5.41. The van der Waals surface area contributed by atoms with Crippen molar-refractivity contribution in [1.82, 2.24) is 9.36 Å². The molecule has 0 atom stereocenters. The van der Waals surface area contributed by atoms with E-state index >= 15 is 0 Å². The maximum absolute atomic E-state index is 11.6. The van der Waals surface area contributed by atoms with Crippen molar-refractivity contribution >= 4 is 22.6 Å². The molecule has 0 radical (unpaired) electrons. The van der Waals surface area contributed by atoms with Crippen LogP contribution in [0.25, 0.3) is 0 Å². The van der Waals surface area contributed by atoms with Crippen LogP contribution in [0.4, 0.5) is 5.13 Å². The van der Waals surface area contributed by atoms with Crippen molar-refractivity contribution < 1.29 is 9.53 Å². The van der Waals surface area contributed by atoms with Gasteiger partial charge in [-0.1, -0.05) is 12.1 Å². The second-order valence-electron chi connectivity index (χ2n) is 3.59. The van der Waals surface area contributed by atoms with Gasteiger partial charge in [0.25, 0.3) is 5.91 Å². The lowest BCUT2D eigenvalue weighted by Gasteiger charge is -2.06. The Morgan fingerprint density at radius 2 is 2.32 bits per heavy atom. The summed E-state index contributed by atoms with van der Waals surface area (Å²) in [4.78, 5) is 15.6. The molecule has 2 aromatic rings. The molecule has 0 aliphatic heterocycles. The first-order valence-corrected chi connectivity index (χ1v) is 6.18. The fourth-order valence-corrected chi connectivity index (χ4v) is 1.92. The van der Waals surface area contributed by atoms with E-state index < -0.39 is 0 Å². The number of nitriles is 1. The minimum atomic E-state index is -0.344. The number of anilines is 1. The number of aromatic nitrogens is 2. The van der Waals surface area contributed by atoms with Crippen LogP contribution in [-0.2, 0) is 4.79 Å². The number of hydrogen-bond acceptors (Lipinski definition) is 6. The SMILES string of the molecule is Cc1nsc(NC(=O)COc2ccccc2C#N)n1. The van der Waals surface area contributed by atoms with Crippen molar-refractivity contribution in [2.24, 2.45) is 0 Å². The van der Waals surface area contributed by atoms with Gasteiger partial charge in [-0.25, -0.2) is 4.98 Å². The maximum Gasteiger partial charge on any atom is 0.264 e. The zero-order chi connectivity index (χ0) is 13.7. The fourth-order valence-electron chi connectivity index (χ4n) is 1.33. The number of rotatable bonds is 4. The monoisotopic (exact) mass is 274 g/mol. The standard InChI is InChI=1S/C12H10N4O2S/c1-8-14-12(19-16-8)15-11(17)7-18-10-5-3-2-4-9(10)6-13/h2-5H,7H2,1H3,(H,14,15,16,17). The van der Waals surface area contributed by atoms with E-state index in [9.17, 15) is 4.79 Å². The topological polar surface area (TPSA) is 87.9 Å². The summed E-state index contributed by atoms with van der Waals surface area (Å²) in [5.41, 5.74) is 0.391. The molecule has 96 valence electrons. The van der Waals surface area contributed by atoms with Gasteiger partial charge in [0, 0.05) is 11.5 Å². The summed E-state index contributed by atoms with van der Waals surface area (Å²) in [5, 5.41) is 11.9. The van der Waals surface area contributed by atoms with Gasteiger partial charge >= 0.3 is 0 Å². The average Bonchev–Trinajstić information content (AvgIpc) is 2.82. The smallest absolute Gasteiger partial charge is 0.264 e. The van der Waals surface area contributed by atoms with Crippen LogP contribution in [0.1, 0.15) is 11.4 Å². The van der Waals surface area contributed by atoms with Crippen LogP contribution in [0, 0.1) is 18.3 Å². The Bertz CT molecular complexity index is 633. The summed E-state index contributed by atoms with van der Waals surface area (Å²) in [7, 11) is 0. The molecule has 0 saturated heterocycles. The fraction of sp³-hybridized carbons (Fsp3) is 0.167. The third-order valence-electron chi connectivity index (χ3n) is 2.14. The molecule has 1 heterocycles. The van der Waals surface area contributed by atoms with Gasteiger partial charge in [-0.05, 0) is 19.1 Å². The van der Waals surface area contributed by atoms with Gasteiger partial charge in [0.1, 0.15) is 17.6 Å². The molecule has 0 bridgehead atoms. The number of ether oxygens (including phenoxy) is 1. The maximum atomic E-state index is 11.6.